The van der Waals surface area contributed by atoms with Crippen molar-refractivity contribution >= 4 is 11.5 Å². The number of anilines is 2. The Labute approximate surface area is 93.6 Å². The lowest BCUT2D eigenvalue weighted by Gasteiger charge is -2.05. The average Bonchev–Trinajstić information content (AvgIpc) is 2.30. The van der Waals surface area contributed by atoms with Gasteiger partial charge in [0.05, 0.1) is 12.4 Å². The van der Waals surface area contributed by atoms with E-state index in [1.165, 1.54) is 11.8 Å². The summed E-state index contributed by atoms with van der Waals surface area (Å²) < 4.78 is 0. The number of nitriles is 1. The fraction of sp³-hybridized carbons (Fsp3) is 0.0833. The smallest absolute Gasteiger partial charge is 0.158 e. The molecule has 0 fully saturated rings. The number of nitrogens with one attached hydrogen (secondary N) is 1. The van der Waals surface area contributed by atoms with E-state index in [2.05, 4.69) is 15.3 Å². The van der Waals surface area contributed by atoms with Gasteiger partial charge in [-0.3, -0.25) is 0 Å². The molecule has 16 heavy (non-hydrogen) atoms. The summed E-state index contributed by atoms with van der Waals surface area (Å²) >= 11 is 0. The van der Waals surface area contributed by atoms with Gasteiger partial charge in [-0.25, -0.2) is 9.97 Å². The zero-order valence-corrected chi connectivity index (χ0v) is 8.81. The van der Waals surface area contributed by atoms with Crippen molar-refractivity contribution in [3.63, 3.8) is 0 Å². The molecule has 0 amide bonds. The standard InChI is InChI=1S/C12H10N4/c1-9-3-2-4-10(5-9)16-12-8-14-11(6-13)7-15-12/h2-5,7-8H,1H3,(H,15,16). The molecule has 4 nitrogen and oxygen atoms in total. The minimum Gasteiger partial charge on any atom is -0.339 e. The summed E-state index contributed by atoms with van der Waals surface area (Å²) in [6.07, 6.45) is 2.99. The zero-order valence-electron chi connectivity index (χ0n) is 8.81. The summed E-state index contributed by atoms with van der Waals surface area (Å²) in [5.74, 6) is 0.629. The molecule has 0 aliphatic rings. The van der Waals surface area contributed by atoms with Crippen molar-refractivity contribution in [3.8, 4) is 6.07 Å². The van der Waals surface area contributed by atoms with Crippen LogP contribution in [-0.4, -0.2) is 9.97 Å². The molecule has 0 saturated carbocycles. The van der Waals surface area contributed by atoms with Gasteiger partial charge in [-0.2, -0.15) is 5.26 Å². The second-order valence-electron chi connectivity index (χ2n) is 3.39. The van der Waals surface area contributed by atoms with Gasteiger partial charge in [-0.1, -0.05) is 12.1 Å². The number of hydrogen-bond acceptors (Lipinski definition) is 4. The molecule has 2 aromatic rings. The van der Waals surface area contributed by atoms with Crippen LogP contribution in [-0.2, 0) is 0 Å². The van der Waals surface area contributed by atoms with Crippen LogP contribution in [0, 0.1) is 18.3 Å². The highest BCUT2D eigenvalue weighted by Gasteiger charge is 1.97. The van der Waals surface area contributed by atoms with Crippen molar-refractivity contribution in [2.24, 2.45) is 0 Å². The second-order valence-corrected chi connectivity index (χ2v) is 3.39. The number of benzene rings is 1. The quantitative estimate of drug-likeness (QED) is 0.826. The van der Waals surface area contributed by atoms with Crippen LogP contribution in [0.15, 0.2) is 36.7 Å². The van der Waals surface area contributed by atoms with Crippen LogP contribution in [0.3, 0.4) is 0 Å². The zero-order chi connectivity index (χ0) is 11.4. The van der Waals surface area contributed by atoms with Crippen LogP contribution in [0.25, 0.3) is 0 Å². The van der Waals surface area contributed by atoms with Crippen molar-refractivity contribution in [1.82, 2.24) is 9.97 Å². The molecule has 1 heterocycles. The number of hydrogen-bond donors (Lipinski definition) is 1. The number of aromatic nitrogens is 2. The third kappa shape index (κ3) is 2.34. The minimum absolute atomic E-state index is 0.315. The molecule has 0 bridgehead atoms. The van der Waals surface area contributed by atoms with Gasteiger partial charge >= 0.3 is 0 Å². The molecule has 0 spiro atoms. The fourth-order valence-electron chi connectivity index (χ4n) is 1.32. The van der Waals surface area contributed by atoms with Crippen molar-refractivity contribution in [2.45, 2.75) is 6.92 Å². The van der Waals surface area contributed by atoms with E-state index in [-0.39, 0.29) is 0 Å². The molecule has 78 valence electrons. The van der Waals surface area contributed by atoms with Gasteiger partial charge in [0.2, 0.25) is 0 Å². The molecule has 2 rings (SSSR count). The first-order valence-corrected chi connectivity index (χ1v) is 4.84. The van der Waals surface area contributed by atoms with E-state index in [0.717, 1.165) is 5.69 Å². The van der Waals surface area contributed by atoms with Crippen molar-refractivity contribution in [1.29, 1.82) is 5.26 Å². The molecule has 4 heteroatoms. The summed E-state index contributed by atoms with van der Waals surface area (Å²) in [5.41, 5.74) is 2.44. The lowest BCUT2D eigenvalue weighted by atomic mass is 10.2. The highest BCUT2D eigenvalue weighted by Crippen LogP contribution is 2.14. The minimum atomic E-state index is 0.315. The third-order valence-corrected chi connectivity index (χ3v) is 2.06. The van der Waals surface area contributed by atoms with Crippen LogP contribution >= 0.6 is 0 Å². The molecular formula is C12H10N4. The van der Waals surface area contributed by atoms with Crippen LogP contribution in [0.5, 0.6) is 0 Å². The van der Waals surface area contributed by atoms with E-state index in [0.29, 0.717) is 11.5 Å². The van der Waals surface area contributed by atoms with Gasteiger partial charge in [-0.15, -0.1) is 0 Å². The first-order valence-electron chi connectivity index (χ1n) is 4.84. The Bertz CT molecular complexity index is 525. The molecule has 0 unspecified atom stereocenters. The van der Waals surface area contributed by atoms with Crippen LogP contribution in [0.4, 0.5) is 11.5 Å². The van der Waals surface area contributed by atoms with E-state index in [1.54, 1.807) is 6.20 Å². The fourth-order valence-corrected chi connectivity index (χ4v) is 1.32. The first kappa shape index (κ1) is 10.1. The van der Waals surface area contributed by atoms with E-state index in [9.17, 15) is 0 Å². The summed E-state index contributed by atoms with van der Waals surface area (Å²) in [6.45, 7) is 2.02. The summed E-state index contributed by atoms with van der Waals surface area (Å²) in [7, 11) is 0. The monoisotopic (exact) mass is 210 g/mol. The normalized spacial score (nSPS) is 9.50. The molecule has 0 aliphatic heterocycles. The van der Waals surface area contributed by atoms with Crippen molar-refractivity contribution in [3.05, 3.63) is 47.9 Å². The topological polar surface area (TPSA) is 61.6 Å². The lowest BCUT2D eigenvalue weighted by molar-refractivity contribution is 1.16. The predicted octanol–water partition coefficient (Wildman–Crippen LogP) is 2.40. The highest BCUT2D eigenvalue weighted by atomic mass is 15.0. The van der Waals surface area contributed by atoms with Crippen LogP contribution in [0.2, 0.25) is 0 Å². The molecule has 1 N–H and O–H groups in total. The van der Waals surface area contributed by atoms with Gasteiger partial charge in [0.1, 0.15) is 11.9 Å². The molecule has 0 radical (unpaired) electrons. The van der Waals surface area contributed by atoms with E-state index >= 15 is 0 Å². The second kappa shape index (κ2) is 4.41. The number of rotatable bonds is 2. The van der Waals surface area contributed by atoms with Gasteiger partial charge in [0.15, 0.2) is 5.69 Å². The van der Waals surface area contributed by atoms with Crippen LogP contribution < -0.4 is 5.32 Å². The van der Waals surface area contributed by atoms with Gasteiger partial charge in [-0.05, 0) is 24.6 Å². The average molecular weight is 210 g/mol. The maximum atomic E-state index is 8.58. The first-order chi connectivity index (χ1) is 7.78. The molecule has 0 saturated heterocycles. The summed E-state index contributed by atoms with van der Waals surface area (Å²) in [4.78, 5) is 8.01. The maximum absolute atomic E-state index is 8.58. The Balaban J connectivity index is 2.18. The largest absolute Gasteiger partial charge is 0.339 e. The molecule has 0 atom stereocenters. The Morgan fingerprint density at radius 3 is 2.75 bits per heavy atom. The van der Waals surface area contributed by atoms with Gasteiger partial charge < -0.3 is 5.32 Å². The van der Waals surface area contributed by atoms with Crippen LogP contribution in [0.1, 0.15) is 11.3 Å². The van der Waals surface area contributed by atoms with E-state index in [1.807, 2.05) is 37.3 Å². The third-order valence-electron chi connectivity index (χ3n) is 2.06. The molecule has 1 aromatic heterocycles. The SMILES string of the molecule is Cc1cccc(Nc2cnc(C#N)cn2)c1. The Hall–Kier alpha value is -2.41. The lowest BCUT2D eigenvalue weighted by Crippen LogP contribution is -1.95. The molecular weight excluding hydrogens is 200 g/mol. The highest BCUT2D eigenvalue weighted by molar-refractivity contribution is 5.56. The maximum Gasteiger partial charge on any atom is 0.158 e. The van der Waals surface area contributed by atoms with Gasteiger partial charge in [0.25, 0.3) is 0 Å². The Morgan fingerprint density at radius 2 is 2.12 bits per heavy atom. The summed E-state index contributed by atoms with van der Waals surface area (Å²) in [6, 6.07) is 9.88. The number of nitrogens with zero attached hydrogens (tertiary/aromatic N) is 3. The van der Waals surface area contributed by atoms with E-state index in [4.69, 9.17) is 5.26 Å². The van der Waals surface area contributed by atoms with E-state index < -0.39 is 0 Å². The Kier molecular flexibility index (Phi) is 2.79. The molecule has 1 aromatic carbocycles. The van der Waals surface area contributed by atoms with Crippen molar-refractivity contribution < 1.29 is 0 Å². The predicted molar refractivity (Wildman–Crippen MR) is 61.2 cm³/mol. The van der Waals surface area contributed by atoms with Crippen molar-refractivity contribution in [2.75, 3.05) is 5.32 Å². The molecule has 0 aliphatic carbocycles. The summed E-state index contributed by atoms with van der Waals surface area (Å²) in [5, 5.41) is 11.7. The van der Waals surface area contributed by atoms with Gasteiger partial charge in [0, 0.05) is 5.69 Å². The number of aryl methyl sites for hydroxylation is 1. The Morgan fingerprint density at radius 1 is 1.25 bits per heavy atom.